The van der Waals surface area contributed by atoms with Gasteiger partial charge in [-0.1, -0.05) is 12.8 Å². The summed E-state index contributed by atoms with van der Waals surface area (Å²) in [4.78, 5) is 37.4. The van der Waals surface area contributed by atoms with Gasteiger partial charge in [0, 0.05) is 51.1 Å². The van der Waals surface area contributed by atoms with Gasteiger partial charge in [0.25, 0.3) is 5.91 Å². The van der Waals surface area contributed by atoms with Crippen molar-refractivity contribution in [3.63, 3.8) is 0 Å². The van der Waals surface area contributed by atoms with Crippen molar-refractivity contribution in [2.75, 3.05) is 19.6 Å². The predicted octanol–water partition coefficient (Wildman–Crippen LogP) is 3.41. The number of carbonyl (C=O) groups is 2. The summed E-state index contributed by atoms with van der Waals surface area (Å²) in [5.41, 5.74) is 1.10. The fourth-order valence-corrected chi connectivity index (χ4v) is 4.88. The van der Waals surface area contributed by atoms with Crippen molar-refractivity contribution in [1.29, 1.82) is 0 Å². The van der Waals surface area contributed by atoms with Crippen LogP contribution in [0, 0.1) is 11.7 Å². The van der Waals surface area contributed by atoms with Gasteiger partial charge in [-0.25, -0.2) is 4.39 Å². The van der Waals surface area contributed by atoms with Crippen molar-refractivity contribution in [2.45, 2.75) is 51.5 Å². The largest absolute Gasteiger partial charge is 0.340 e. The maximum atomic E-state index is 14.0. The van der Waals surface area contributed by atoms with Gasteiger partial charge in [0.05, 0.1) is 11.1 Å². The highest BCUT2D eigenvalue weighted by atomic mass is 19.1. The Labute approximate surface area is 170 Å². The topological polar surface area (TPSA) is 66.4 Å². The highest BCUT2D eigenvalue weighted by molar-refractivity contribution is 6.04. The smallest absolute Gasteiger partial charge is 0.256 e. The molecule has 2 aliphatic heterocycles. The Morgan fingerprint density at radius 2 is 1.76 bits per heavy atom. The van der Waals surface area contributed by atoms with Gasteiger partial charge < -0.3 is 9.80 Å². The number of carbonyl (C=O) groups excluding carboxylic acids is 2. The molecule has 1 atom stereocenters. The molecule has 1 aromatic heterocycles. The molecule has 0 N–H and O–H groups in total. The summed E-state index contributed by atoms with van der Waals surface area (Å²) in [6.07, 6.45) is 9.18. The summed E-state index contributed by atoms with van der Waals surface area (Å²) in [7, 11) is 0. The monoisotopic (exact) mass is 398 g/mol. The number of aromatic nitrogens is 2. The number of benzene rings is 1. The van der Waals surface area contributed by atoms with Gasteiger partial charge in [-0.05, 0) is 37.7 Å². The van der Waals surface area contributed by atoms with Gasteiger partial charge in [-0.2, -0.15) is 0 Å². The molecule has 1 unspecified atom stereocenters. The molecule has 6 nitrogen and oxygen atoms in total. The molecule has 0 radical (unpaired) electrons. The SMILES string of the molecule is CC(=O)N1CCCCCC1C1CCN(C(=O)c2cc(F)cc3nccnc23)CC1. The van der Waals surface area contributed by atoms with Crippen molar-refractivity contribution in [2.24, 2.45) is 5.92 Å². The first-order valence-corrected chi connectivity index (χ1v) is 10.5. The molecule has 2 aromatic rings. The number of likely N-dealkylation sites (tertiary alicyclic amines) is 2. The fraction of sp³-hybridized carbons (Fsp3) is 0.545. The first-order valence-electron chi connectivity index (χ1n) is 10.5. The summed E-state index contributed by atoms with van der Waals surface area (Å²) >= 11 is 0. The second-order valence-electron chi connectivity index (χ2n) is 8.14. The number of fused-ring (bicyclic) bond motifs is 1. The van der Waals surface area contributed by atoms with Crippen LogP contribution < -0.4 is 0 Å². The average Bonchev–Trinajstić information content (AvgIpc) is 2.99. The molecule has 2 fully saturated rings. The number of hydrogen-bond acceptors (Lipinski definition) is 4. The van der Waals surface area contributed by atoms with Gasteiger partial charge in [0.1, 0.15) is 11.3 Å². The molecular weight excluding hydrogens is 371 g/mol. The van der Waals surface area contributed by atoms with E-state index in [9.17, 15) is 14.0 Å². The van der Waals surface area contributed by atoms with E-state index >= 15 is 0 Å². The van der Waals surface area contributed by atoms with E-state index in [0.29, 0.717) is 30.0 Å². The number of halogens is 1. The van der Waals surface area contributed by atoms with Gasteiger partial charge >= 0.3 is 0 Å². The van der Waals surface area contributed by atoms with Crippen LogP contribution in [0.25, 0.3) is 11.0 Å². The second-order valence-corrected chi connectivity index (χ2v) is 8.14. The van der Waals surface area contributed by atoms with E-state index in [-0.39, 0.29) is 23.4 Å². The van der Waals surface area contributed by atoms with E-state index in [1.165, 1.54) is 30.9 Å². The summed E-state index contributed by atoms with van der Waals surface area (Å²) in [6.45, 7) is 3.73. The quantitative estimate of drug-likeness (QED) is 0.778. The normalized spacial score (nSPS) is 21.2. The molecule has 1 aromatic carbocycles. The third-order valence-corrected chi connectivity index (χ3v) is 6.34. The first kappa shape index (κ1) is 19.7. The third kappa shape index (κ3) is 4.09. The number of rotatable bonds is 2. The summed E-state index contributed by atoms with van der Waals surface area (Å²) in [5.74, 6) is -0.116. The minimum atomic E-state index is -0.480. The predicted molar refractivity (Wildman–Crippen MR) is 108 cm³/mol. The highest BCUT2D eigenvalue weighted by Crippen LogP contribution is 2.31. The molecule has 0 spiro atoms. The standard InChI is InChI=1S/C22H27FN4O2/c1-15(28)27-10-4-2-3-5-20(27)16-6-11-26(12-7-16)22(29)18-13-17(23)14-19-21(18)25-9-8-24-19/h8-9,13-14,16,20H,2-7,10-12H2,1H3. The average molecular weight is 398 g/mol. The van der Waals surface area contributed by atoms with E-state index in [2.05, 4.69) is 9.97 Å². The van der Waals surface area contributed by atoms with Gasteiger partial charge in [0.2, 0.25) is 5.91 Å². The molecule has 2 saturated heterocycles. The lowest BCUT2D eigenvalue weighted by molar-refractivity contribution is -0.132. The van der Waals surface area contributed by atoms with Crippen LogP contribution in [0.5, 0.6) is 0 Å². The Kier molecular flexibility index (Phi) is 5.74. The second kappa shape index (κ2) is 8.43. The van der Waals surface area contributed by atoms with Gasteiger partial charge in [0.15, 0.2) is 0 Å². The lowest BCUT2D eigenvalue weighted by atomic mass is 9.86. The maximum Gasteiger partial charge on any atom is 0.256 e. The van der Waals surface area contributed by atoms with Crippen molar-refractivity contribution in [1.82, 2.24) is 19.8 Å². The number of piperidine rings is 1. The first-order chi connectivity index (χ1) is 14.0. The summed E-state index contributed by atoms with van der Waals surface area (Å²) in [5, 5.41) is 0. The molecule has 0 aliphatic carbocycles. The Hall–Kier alpha value is -2.57. The minimum absolute atomic E-state index is 0.153. The zero-order valence-corrected chi connectivity index (χ0v) is 16.8. The Bertz CT molecular complexity index is 911. The molecule has 154 valence electrons. The zero-order valence-electron chi connectivity index (χ0n) is 16.8. The number of nitrogens with zero attached hydrogens (tertiary/aromatic N) is 4. The van der Waals surface area contributed by atoms with Crippen LogP contribution in [0.1, 0.15) is 55.8 Å². The van der Waals surface area contributed by atoms with Crippen molar-refractivity contribution in [3.8, 4) is 0 Å². The zero-order chi connectivity index (χ0) is 20.4. The molecule has 0 bridgehead atoms. The van der Waals surface area contributed by atoms with Crippen LogP contribution in [0.15, 0.2) is 24.5 Å². The third-order valence-electron chi connectivity index (χ3n) is 6.34. The lowest BCUT2D eigenvalue weighted by Crippen LogP contribution is -2.48. The van der Waals surface area contributed by atoms with E-state index < -0.39 is 5.82 Å². The summed E-state index contributed by atoms with van der Waals surface area (Å²) in [6, 6.07) is 2.83. The van der Waals surface area contributed by atoms with Crippen molar-refractivity contribution in [3.05, 3.63) is 35.9 Å². The molecule has 2 amide bonds. The minimum Gasteiger partial charge on any atom is -0.340 e. The lowest BCUT2D eigenvalue weighted by Gasteiger charge is -2.40. The van der Waals surface area contributed by atoms with Crippen LogP contribution in [-0.4, -0.2) is 57.3 Å². The number of hydrogen-bond donors (Lipinski definition) is 0. The van der Waals surface area contributed by atoms with Gasteiger partial charge in [-0.15, -0.1) is 0 Å². The van der Waals surface area contributed by atoms with Gasteiger partial charge in [-0.3, -0.25) is 19.6 Å². The molecular formula is C22H27FN4O2. The van der Waals surface area contributed by atoms with E-state index in [1.54, 1.807) is 11.8 Å². The molecule has 0 saturated carbocycles. The van der Waals surface area contributed by atoms with Crippen LogP contribution >= 0.6 is 0 Å². The molecule has 7 heteroatoms. The van der Waals surface area contributed by atoms with E-state index in [0.717, 1.165) is 38.6 Å². The number of amides is 2. The Morgan fingerprint density at radius 3 is 2.52 bits per heavy atom. The maximum absolute atomic E-state index is 14.0. The van der Waals surface area contributed by atoms with Crippen LogP contribution in [-0.2, 0) is 4.79 Å². The molecule has 29 heavy (non-hydrogen) atoms. The summed E-state index contributed by atoms with van der Waals surface area (Å²) < 4.78 is 14.0. The van der Waals surface area contributed by atoms with E-state index in [4.69, 9.17) is 0 Å². The Balaban J connectivity index is 1.48. The van der Waals surface area contributed by atoms with Crippen LogP contribution in [0.4, 0.5) is 4.39 Å². The van der Waals surface area contributed by atoms with Crippen LogP contribution in [0.3, 0.4) is 0 Å². The molecule has 4 rings (SSSR count). The molecule has 3 heterocycles. The Morgan fingerprint density at radius 1 is 1.00 bits per heavy atom. The van der Waals surface area contributed by atoms with E-state index in [1.807, 2.05) is 4.90 Å². The fourth-order valence-electron chi connectivity index (χ4n) is 4.88. The van der Waals surface area contributed by atoms with Crippen LogP contribution in [0.2, 0.25) is 0 Å². The molecule has 2 aliphatic rings. The highest BCUT2D eigenvalue weighted by Gasteiger charge is 2.34. The van der Waals surface area contributed by atoms with Crippen molar-refractivity contribution < 1.29 is 14.0 Å². The van der Waals surface area contributed by atoms with Crippen molar-refractivity contribution >= 4 is 22.8 Å².